The first-order valence-electron chi connectivity index (χ1n) is 4.96. The van der Waals surface area contributed by atoms with Gasteiger partial charge in [-0.2, -0.15) is 0 Å². The van der Waals surface area contributed by atoms with Gasteiger partial charge in [-0.25, -0.2) is 9.59 Å². The predicted octanol–water partition coefficient (Wildman–Crippen LogP) is 2.35. The quantitative estimate of drug-likeness (QED) is 0.361. The summed E-state index contributed by atoms with van der Waals surface area (Å²) in [7, 11) is 0. The van der Waals surface area contributed by atoms with Crippen LogP contribution in [-0.4, -0.2) is 23.0 Å². The number of aliphatic carboxylic acids is 1. The van der Waals surface area contributed by atoms with E-state index in [1.54, 1.807) is 31.6 Å². The van der Waals surface area contributed by atoms with Crippen LogP contribution in [0.5, 0.6) is 0 Å². The molecule has 1 aliphatic rings. The lowest BCUT2D eigenvalue weighted by Crippen LogP contribution is -2.28. The third-order valence-electron chi connectivity index (χ3n) is 1.83. The highest BCUT2D eigenvalue weighted by molar-refractivity contribution is 8.27. The maximum Gasteiger partial charge on any atom is 0.354 e. The van der Waals surface area contributed by atoms with Crippen molar-refractivity contribution < 1.29 is 24.2 Å². The highest BCUT2D eigenvalue weighted by atomic mass is 32.2. The summed E-state index contributed by atoms with van der Waals surface area (Å²) in [5.41, 5.74) is -1.37. The van der Waals surface area contributed by atoms with Gasteiger partial charge in [-0.1, -0.05) is 23.5 Å². The normalized spacial score (nSPS) is 14.5. The van der Waals surface area contributed by atoms with Gasteiger partial charge in [0.05, 0.1) is 9.65 Å². The van der Waals surface area contributed by atoms with E-state index in [2.05, 4.69) is 4.74 Å². The minimum Gasteiger partial charge on any atom is -0.477 e. The van der Waals surface area contributed by atoms with Crippen molar-refractivity contribution in [2.75, 3.05) is 0 Å². The SMILES string of the molecule is CC(C)(C)C(=O)OC(=O)C(C(=O)O)=C1SC=CS1. The van der Waals surface area contributed by atoms with Crippen molar-refractivity contribution in [3.05, 3.63) is 20.6 Å². The summed E-state index contributed by atoms with van der Waals surface area (Å²) < 4.78 is 4.88. The molecule has 0 radical (unpaired) electrons. The van der Waals surface area contributed by atoms with Gasteiger partial charge < -0.3 is 9.84 Å². The molecule has 0 unspecified atom stereocenters. The minimum atomic E-state index is -1.40. The van der Waals surface area contributed by atoms with Crippen molar-refractivity contribution >= 4 is 41.4 Å². The summed E-state index contributed by atoms with van der Waals surface area (Å²) in [6.07, 6.45) is 0. The Kier molecular flexibility index (Phi) is 4.64. The predicted molar refractivity (Wildman–Crippen MR) is 69.5 cm³/mol. The fourth-order valence-electron chi connectivity index (χ4n) is 0.871. The van der Waals surface area contributed by atoms with E-state index in [1.165, 1.54) is 0 Å². The van der Waals surface area contributed by atoms with Crippen LogP contribution in [0.2, 0.25) is 0 Å². The van der Waals surface area contributed by atoms with E-state index in [-0.39, 0.29) is 0 Å². The van der Waals surface area contributed by atoms with Crippen molar-refractivity contribution in [1.29, 1.82) is 0 Å². The van der Waals surface area contributed by atoms with E-state index in [9.17, 15) is 14.4 Å². The lowest BCUT2D eigenvalue weighted by atomic mass is 9.97. The summed E-state index contributed by atoms with van der Waals surface area (Å²) in [6, 6.07) is 0. The van der Waals surface area contributed by atoms with Crippen molar-refractivity contribution in [3.63, 3.8) is 0 Å². The molecule has 0 aliphatic carbocycles. The lowest BCUT2D eigenvalue weighted by molar-refractivity contribution is -0.163. The van der Waals surface area contributed by atoms with E-state index in [0.717, 1.165) is 23.5 Å². The van der Waals surface area contributed by atoms with Gasteiger partial charge in [0.1, 0.15) is 0 Å². The molecular weight excluding hydrogens is 276 g/mol. The Morgan fingerprint density at radius 2 is 1.67 bits per heavy atom. The number of ether oxygens (including phenoxy) is 1. The van der Waals surface area contributed by atoms with Crippen LogP contribution in [0, 0.1) is 5.41 Å². The first-order valence-corrected chi connectivity index (χ1v) is 6.72. The topological polar surface area (TPSA) is 80.7 Å². The maximum atomic E-state index is 11.7. The van der Waals surface area contributed by atoms with Crippen molar-refractivity contribution in [3.8, 4) is 0 Å². The van der Waals surface area contributed by atoms with Crippen molar-refractivity contribution in [2.45, 2.75) is 20.8 Å². The molecule has 0 saturated carbocycles. The fourth-order valence-corrected chi connectivity index (χ4v) is 2.70. The summed E-state index contributed by atoms with van der Waals surface area (Å²) >= 11 is 2.22. The van der Waals surface area contributed by atoms with Crippen molar-refractivity contribution in [2.24, 2.45) is 5.41 Å². The Morgan fingerprint density at radius 3 is 2.06 bits per heavy atom. The third kappa shape index (κ3) is 3.64. The Balaban J connectivity index is 2.90. The second-order valence-electron chi connectivity index (χ2n) is 4.40. The Hall–Kier alpha value is -1.21. The fraction of sp³-hybridized carbons (Fsp3) is 0.364. The number of thioether (sulfide) groups is 2. The second kappa shape index (κ2) is 5.62. The molecule has 98 valence electrons. The molecule has 0 atom stereocenters. The number of esters is 2. The van der Waals surface area contributed by atoms with Crippen LogP contribution in [-0.2, 0) is 19.1 Å². The summed E-state index contributed by atoms with van der Waals surface area (Å²) in [6.45, 7) is 4.74. The van der Waals surface area contributed by atoms with E-state index < -0.39 is 28.9 Å². The van der Waals surface area contributed by atoms with E-state index >= 15 is 0 Å². The molecule has 0 aromatic carbocycles. The van der Waals surface area contributed by atoms with Crippen LogP contribution in [0.25, 0.3) is 0 Å². The molecule has 0 saturated heterocycles. The standard InChI is InChI=1S/C11H12O5S2/c1-11(2,3)10(15)16-8(14)6(7(12)13)9-17-4-5-18-9/h4-5H,1-3H3,(H,12,13). The van der Waals surface area contributed by atoms with Gasteiger partial charge in [0, 0.05) is 0 Å². The van der Waals surface area contributed by atoms with Crippen LogP contribution in [0.3, 0.4) is 0 Å². The largest absolute Gasteiger partial charge is 0.477 e. The Labute approximate surface area is 113 Å². The summed E-state index contributed by atoms with van der Waals surface area (Å²) in [5, 5.41) is 12.3. The van der Waals surface area contributed by atoms with Crippen LogP contribution in [0.1, 0.15) is 20.8 Å². The third-order valence-corrected chi connectivity index (χ3v) is 3.96. The van der Waals surface area contributed by atoms with E-state index in [1.807, 2.05) is 0 Å². The molecule has 0 amide bonds. The average molecular weight is 288 g/mol. The molecule has 1 aliphatic heterocycles. The zero-order chi connectivity index (χ0) is 13.9. The molecule has 7 heteroatoms. The molecule has 18 heavy (non-hydrogen) atoms. The van der Waals surface area contributed by atoms with Crippen LogP contribution >= 0.6 is 23.5 Å². The van der Waals surface area contributed by atoms with Gasteiger partial charge in [0.2, 0.25) is 0 Å². The number of carboxylic acid groups (broad SMARTS) is 1. The van der Waals surface area contributed by atoms with Crippen molar-refractivity contribution in [1.82, 2.24) is 0 Å². The van der Waals surface area contributed by atoms with Gasteiger partial charge >= 0.3 is 17.9 Å². The Bertz CT molecular complexity index is 447. The molecule has 1 heterocycles. The molecular formula is C11H12O5S2. The smallest absolute Gasteiger partial charge is 0.354 e. The Morgan fingerprint density at radius 1 is 1.17 bits per heavy atom. The number of hydrogen-bond acceptors (Lipinski definition) is 6. The van der Waals surface area contributed by atoms with Gasteiger partial charge in [0.15, 0.2) is 5.57 Å². The van der Waals surface area contributed by atoms with Gasteiger partial charge in [-0.15, -0.1) is 0 Å². The molecule has 0 aromatic heterocycles. The zero-order valence-electron chi connectivity index (χ0n) is 10.1. The van der Waals surface area contributed by atoms with Crippen LogP contribution < -0.4 is 0 Å². The van der Waals surface area contributed by atoms with Crippen LogP contribution in [0.15, 0.2) is 20.6 Å². The van der Waals surface area contributed by atoms with E-state index in [4.69, 9.17) is 5.11 Å². The summed E-state index contributed by atoms with van der Waals surface area (Å²) in [4.78, 5) is 34.3. The van der Waals surface area contributed by atoms with Gasteiger partial charge in [-0.05, 0) is 31.6 Å². The molecule has 5 nitrogen and oxygen atoms in total. The first-order chi connectivity index (χ1) is 8.23. The average Bonchev–Trinajstić information content (AvgIpc) is 2.68. The molecule has 0 spiro atoms. The van der Waals surface area contributed by atoms with E-state index in [0.29, 0.717) is 4.24 Å². The number of hydrogen-bond donors (Lipinski definition) is 1. The highest BCUT2D eigenvalue weighted by Gasteiger charge is 2.31. The number of carboxylic acids is 1. The van der Waals surface area contributed by atoms with Gasteiger partial charge in [0.25, 0.3) is 0 Å². The maximum absolute atomic E-state index is 11.7. The highest BCUT2D eigenvalue weighted by Crippen LogP contribution is 2.40. The number of rotatable bonds is 2. The first kappa shape index (κ1) is 14.8. The summed E-state index contributed by atoms with van der Waals surface area (Å²) in [5.74, 6) is -3.28. The molecule has 0 bridgehead atoms. The molecule has 1 N–H and O–H groups in total. The number of carbonyl (C=O) groups excluding carboxylic acids is 2. The molecule has 0 aromatic rings. The second-order valence-corrected chi connectivity index (χ2v) is 6.49. The zero-order valence-corrected chi connectivity index (χ0v) is 11.7. The number of carbonyl (C=O) groups is 3. The van der Waals surface area contributed by atoms with Gasteiger partial charge in [-0.3, -0.25) is 4.79 Å². The molecule has 0 fully saturated rings. The minimum absolute atomic E-state index is 0.300. The van der Waals surface area contributed by atoms with Crippen LogP contribution in [0.4, 0.5) is 0 Å². The lowest BCUT2D eigenvalue weighted by Gasteiger charge is -2.15. The monoisotopic (exact) mass is 288 g/mol. The molecule has 1 rings (SSSR count).